The van der Waals surface area contributed by atoms with Crippen molar-refractivity contribution in [2.24, 2.45) is 11.7 Å². The van der Waals surface area contributed by atoms with Gasteiger partial charge in [-0.1, -0.05) is 18.5 Å². The van der Waals surface area contributed by atoms with Crippen LogP contribution < -0.4 is 15.8 Å². The van der Waals surface area contributed by atoms with E-state index < -0.39 is 0 Å². The highest BCUT2D eigenvalue weighted by Crippen LogP contribution is 2.28. The number of nitrogens with one attached hydrogen (secondary N) is 1. The summed E-state index contributed by atoms with van der Waals surface area (Å²) in [6.07, 6.45) is 0.700. The van der Waals surface area contributed by atoms with Crippen LogP contribution in [-0.4, -0.2) is 19.6 Å². The average molecular weight is 257 g/mol. The second-order valence-corrected chi connectivity index (χ2v) is 4.11. The Balaban J connectivity index is 2.86. The zero-order chi connectivity index (χ0) is 12.8. The number of carbonyl (C=O) groups excluding carboxylic acids is 1. The molecule has 5 heteroatoms. The number of halogens is 1. The fourth-order valence-corrected chi connectivity index (χ4v) is 1.64. The van der Waals surface area contributed by atoms with Crippen molar-refractivity contribution in [3.05, 3.63) is 23.2 Å². The van der Waals surface area contributed by atoms with Crippen LogP contribution in [-0.2, 0) is 4.79 Å². The fourth-order valence-electron chi connectivity index (χ4n) is 1.47. The third-order valence-electron chi connectivity index (χ3n) is 2.57. The van der Waals surface area contributed by atoms with Gasteiger partial charge in [0.05, 0.1) is 18.7 Å². The summed E-state index contributed by atoms with van der Waals surface area (Å²) in [5.41, 5.74) is 6.09. The third kappa shape index (κ3) is 3.61. The van der Waals surface area contributed by atoms with E-state index in [4.69, 9.17) is 22.1 Å². The normalized spacial score (nSPS) is 12.0. The lowest BCUT2D eigenvalue weighted by molar-refractivity contribution is -0.119. The lowest BCUT2D eigenvalue weighted by Crippen LogP contribution is -2.28. The fraction of sp³-hybridized carbons (Fsp3) is 0.417. The number of ether oxygens (including phenoxy) is 1. The van der Waals surface area contributed by atoms with Gasteiger partial charge in [0.1, 0.15) is 5.75 Å². The molecule has 0 aliphatic rings. The number of nitrogens with two attached hydrogens (primary N) is 1. The van der Waals surface area contributed by atoms with Gasteiger partial charge in [-0.3, -0.25) is 4.79 Å². The van der Waals surface area contributed by atoms with Gasteiger partial charge in [-0.2, -0.15) is 0 Å². The largest absolute Gasteiger partial charge is 0.495 e. The van der Waals surface area contributed by atoms with E-state index in [1.165, 1.54) is 0 Å². The summed E-state index contributed by atoms with van der Waals surface area (Å²) in [4.78, 5) is 11.9. The van der Waals surface area contributed by atoms with Gasteiger partial charge in [-0.05, 0) is 24.6 Å². The molecule has 0 aromatic heterocycles. The highest BCUT2D eigenvalue weighted by atomic mass is 35.5. The molecule has 0 aliphatic heterocycles. The van der Waals surface area contributed by atoms with Crippen molar-refractivity contribution in [3.63, 3.8) is 0 Å². The molecule has 1 aromatic carbocycles. The number of hydrogen-bond acceptors (Lipinski definition) is 3. The minimum Gasteiger partial charge on any atom is -0.495 e. The SMILES string of the molecule is CCC(CN)C(=O)Nc1cc(Cl)ccc1OC. The van der Waals surface area contributed by atoms with Gasteiger partial charge in [0, 0.05) is 11.6 Å². The van der Waals surface area contributed by atoms with Gasteiger partial charge in [-0.15, -0.1) is 0 Å². The standard InChI is InChI=1S/C12H17ClN2O2/c1-3-8(7-14)12(16)15-10-6-9(13)4-5-11(10)17-2/h4-6,8H,3,7,14H2,1-2H3,(H,15,16). The van der Waals surface area contributed by atoms with Crippen molar-refractivity contribution in [1.82, 2.24) is 0 Å². The van der Waals surface area contributed by atoms with Crippen LogP contribution in [0.4, 0.5) is 5.69 Å². The van der Waals surface area contributed by atoms with E-state index in [-0.39, 0.29) is 11.8 Å². The van der Waals surface area contributed by atoms with Crippen LogP contribution in [0.15, 0.2) is 18.2 Å². The maximum absolute atomic E-state index is 11.9. The lowest BCUT2D eigenvalue weighted by atomic mass is 10.1. The molecule has 3 N–H and O–H groups in total. The molecular formula is C12H17ClN2O2. The predicted molar refractivity (Wildman–Crippen MR) is 69.5 cm³/mol. The Labute approximate surface area is 106 Å². The summed E-state index contributed by atoms with van der Waals surface area (Å²) in [6, 6.07) is 5.07. The third-order valence-corrected chi connectivity index (χ3v) is 2.80. The van der Waals surface area contributed by atoms with Gasteiger partial charge in [0.2, 0.25) is 5.91 Å². The number of amides is 1. The van der Waals surface area contributed by atoms with Crippen LogP contribution >= 0.6 is 11.6 Å². The number of rotatable bonds is 5. The number of hydrogen-bond donors (Lipinski definition) is 2. The molecule has 0 fully saturated rings. The minimum atomic E-state index is -0.196. The molecule has 1 amide bonds. The Morgan fingerprint density at radius 1 is 1.59 bits per heavy atom. The molecule has 0 aliphatic carbocycles. The zero-order valence-corrected chi connectivity index (χ0v) is 10.8. The minimum absolute atomic E-state index is 0.115. The van der Waals surface area contributed by atoms with Crippen LogP contribution in [0.5, 0.6) is 5.75 Å². The van der Waals surface area contributed by atoms with E-state index >= 15 is 0 Å². The quantitative estimate of drug-likeness (QED) is 0.849. The maximum atomic E-state index is 11.9. The number of carbonyl (C=O) groups is 1. The maximum Gasteiger partial charge on any atom is 0.228 e. The summed E-state index contributed by atoms with van der Waals surface area (Å²) in [5.74, 6) is 0.267. The van der Waals surface area contributed by atoms with Crippen LogP contribution in [0.1, 0.15) is 13.3 Å². The summed E-state index contributed by atoms with van der Waals surface area (Å²) in [7, 11) is 1.54. The van der Waals surface area contributed by atoms with E-state index in [1.807, 2.05) is 6.92 Å². The monoisotopic (exact) mass is 256 g/mol. The molecule has 0 saturated heterocycles. The Kier molecular flexibility index (Phi) is 5.25. The first-order chi connectivity index (χ1) is 8.12. The molecule has 0 heterocycles. The summed E-state index contributed by atoms with van der Waals surface area (Å²) in [5, 5.41) is 3.32. The van der Waals surface area contributed by atoms with Gasteiger partial charge in [0.15, 0.2) is 0 Å². The molecular weight excluding hydrogens is 240 g/mol. The smallest absolute Gasteiger partial charge is 0.228 e. The van der Waals surface area contributed by atoms with E-state index in [2.05, 4.69) is 5.32 Å². The van der Waals surface area contributed by atoms with Crippen molar-refractivity contribution in [3.8, 4) is 5.75 Å². The molecule has 1 atom stereocenters. The second-order valence-electron chi connectivity index (χ2n) is 3.67. The number of benzene rings is 1. The van der Waals surface area contributed by atoms with E-state index in [0.717, 1.165) is 0 Å². The molecule has 0 spiro atoms. The molecule has 0 bridgehead atoms. The molecule has 0 radical (unpaired) electrons. The Morgan fingerprint density at radius 2 is 2.29 bits per heavy atom. The first-order valence-corrected chi connectivity index (χ1v) is 5.84. The van der Waals surface area contributed by atoms with Crippen molar-refractivity contribution in [2.45, 2.75) is 13.3 Å². The Bertz CT molecular complexity index is 392. The van der Waals surface area contributed by atoms with Crippen LogP contribution in [0.2, 0.25) is 5.02 Å². The zero-order valence-electron chi connectivity index (χ0n) is 10.00. The van der Waals surface area contributed by atoms with Crippen LogP contribution in [0.25, 0.3) is 0 Å². The van der Waals surface area contributed by atoms with E-state index in [9.17, 15) is 4.79 Å². The molecule has 1 rings (SSSR count). The first kappa shape index (κ1) is 13.8. The van der Waals surface area contributed by atoms with Gasteiger partial charge >= 0.3 is 0 Å². The molecule has 94 valence electrons. The highest BCUT2D eigenvalue weighted by Gasteiger charge is 2.16. The first-order valence-electron chi connectivity index (χ1n) is 5.46. The van der Waals surface area contributed by atoms with Crippen molar-refractivity contribution < 1.29 is 9.53 Å². The van der Waals surface area contributed by atoms with Crippen LogP contribution in [0.3, 0.4) is 0 Å². The summed E-state index contributed by atoms with van der Waals surface area (Å²) < 4.78 is 5.14. The Morgan fingerprint density at radius 3 is 2.82 bits per heavy atom. The lowest BCUT2D eigenvalue weighted by Gasteiger charge is -2.15. The molecule has 17 heavy (non-hydrogen) atoms. The van der Waals surface area contributed by atoms with Crippen molar-refractivity contribution in [2.75, 3.05) is 19.0 Å². The van der Waals surface area contributed by atoms with Crippen molar-refractivity contribution in [1.29, 1.82) is 0 Å². The predicted octanol–water partition coefficient (Wildman–Crippen LogP) is 2.27. The van der Waals surface area contributed by atoms with Gasteiger partial charge in [0.25, 0.3) is 0 Å². The molecule has 1 aromatic rings. The van der Waals surface area contributed by atoms with E-state index in [0.29, 0.717) is 29.4 Å². The molecule has 0 saturated carbocycles. The number of methoxy groups -OCH3 is 1. The average Bonchev–Trinajstić information content (AvgIpc) is 2.31. The highest BCUT2D eigenvalue weighted by molar-refractivity contribution is 6.31. The topological polar surface area (TPSA) is 64.4 Å². The van der Waals surface area contributed by atoms with Gasteiger partial charge < -0.3 is 15.8 Å². The van der Waals surface area contributed by atoms with Crippen LogP contribution in [0, 0.1) is 5.92 Å². The van der Waals surface area contributed by atoms with Gasteiger partial charge in [-0.25, -0.2) is 0 Å². The Hall–Kier alpha value is -1.26. The number of anilines is 1. The molecule has 1 unspecified atom stereocenters. The van der Waals surface area contributed by atoms with E-state index in [1.54, 1.807) is 25.3 Å². The van der Waals surface area contributed by atoms with Crippen molar-refractivity contribution >= 4 is 23.2 Å². The molecule has 4 nitrogen and oxygen atoms in total. The summed E-state index contributed by atoms with van der Waals surface area (Å²) in [6.45, 7) is 2.25. The summed E-state index contributed by atoms with van der Waals surface area (Å²) >= 11 is 5.87. The second kappa shape index (κ2) is 6.47.